The average Bonchev–Trinajstić information content (AvgIpc) is 2.14. The van der Waals surface area contributed by atoms with Crippen LogP contribution >= 0.6 is 11.8 Å². The first-order chi connectivity index (χ1) is 3.84. The lowest BCUT2D eigenvalue weighted by atomic mass is 10.4. The first-order valence-corrected chi connectivity index (χ1v) is 4.00. The summed E-state index contributed by atoms with van der Waals surface area (Å²) < 4.78 is 0. The van der Waals surface area contributed by atoms with Crippen molar-refractivity contribution in [2.45, 2.75) is 11.8 Å². The fourth-order valence-electron chi connectivity index (χ4n) is 0.908. The third-order valence-electron chi connectivity index (χ3n) is 1.49. The predicted octanol–water partition coefficient (Wildman–Crippen LogP) is 1.22. The molecule has 1 nitrogen and oxygen atoms in total. The van der Waals surface area contributed by atoms with Crippen LogP contribution in [0.15, 0.2) is 0 Å². The molecule has 1 unspecified atom stereocenters. The van der Waals surface area contributed by atoms with Crippen LogP contribution in [-0.4, -0.2) is 29.6 Å². The van der Waals surface area contributed by atoms with Crippen LogP contribution in [0.1, 0.15) is 6.42 Å². The van der Waals surface area contributed by atoms with Gasteiger partial charge in [-0.15, -0.1) is 11.8 Å². The van der Waals surface area contributed by atoms with Crippen LogP contribution in [0.5, 0.6) is 0 Å². The van der Waals surface area contributed by atoms with Crippen LogP contribution in [-0.2, 0) is 0 Å². The van der Waals surface area contributed by atoms with Crippen molar-refractivity contribution in [2.75, 3.05) is 19.3 Å². The van der Waals surface area contributed by atoms with Gasteiger partial charge in [0.25, 0.3) is 0 Å². The Balaban J connectivity index is 2.30. The molecule has 1 aliphatic rings. The second-order valence-electron chi connectivity index (χ2n) is 2.09. The lowest BCUT2D eigenvalue weighted by Crippen LogP contribution is -2.22. The van der Waals surface area contributed by atoms with Gasteiger partial charge in [0.1, 0.15) is 0 Å². The van der Waals surface area contributed by atoms with Gasteiger partial charge in [-0.05, 0) is 13.5 Å². The lowest BCUT2D eigenvalue weighted by Gasteiger charge is -2.14. The van der Waals surface area contributed by atoms with E-state index in [0.717, 1.165) is 6.42 Å². The van der Waals surface area contributed by atoms with Crippen molar-refractivity contribution in [1.29, 1.82) is 0 Å². The van der Waals surface area contributed by atoms with Gasteiger partial charge in [-0.1, -0.05) is 6.92 Å². The second kappa shape index (κ2) is 2.74. The fraction of sp³-hybridized carbons (Fsp3) is 0.833. The molecule has 8 heavy (non-hydrogen) atoms. The zero-order chi connectivity index (χ0) is 5.98. The summed E-state index contributed by atoms with van der Waals surface area (Å²) in [5.74, 6) is 1.29. The van der Waals surface area contributed by atoms with E-state index < -0.39 is 0 Å². The van der Waals surface area contributed by atoms with Crippen LogP contribution in [0.4, 0.5) is 0 Å². The van der Waals surface area contributed by atoms with Gasteiger partial charge in [0, 0.05) is 12.3 Å². The number of thioether (sulfide) groups is 1. The van der Waals surface area contributed by atoms with Gasteiger partial charge in [0.05, 0.1) is 5.37 Å². The Morgan fingerprint density at radius 2 is 2.62 bits per heavy atom. The van der Waals surface area contributed by atoms with Gasteiger partial charge in [0.15, 0.2) is 0 Å². The molecular formula is C6H12NS. The highest BCUT2D eigenvalue weighted by atomic mass is 32.2. The van der Waals surface area contributed by atoms with Crippen molar-refractivity contribution in [3.05, 3.63) is 6.92 Å². The Morgan fingerprint density at radius 1 is 1.88 bits per heavy atom. The van der Waals surface area contributed by atoms with Crippen LogP contribution in [0.3, 0.4) is 0 Å². The Hall–Kier alpha value is 0.310. The Kier molecular flexibility index (Phi) is 2.20. The highest BCUT2D eigenvalue weighted by Crippen LogP contribution is 2.23. The third kappa shape index (κ3) is 1.17. The molecule has 0 N–H and O–H groups in total. The van der Waals surface area contributed by atoms with Crippen molar-refractivity contribution in [2.24, 2.45) is 0 Å². The molecule has 0 bridgehead atoms. The summed E-state index contributed by atoms with van der Waals surface area (Å²) in [5, 5.41) is 0.704. The molecule has 2 heteroatoms. The third-order valence-corrected chi connectivity index (χ3v) is 2.89. The number of hydrogen-bond acceptors (Lipinski definition) is 2. The number of hydrogen-bond donors (Lipinski definition) is 0. The van der Waals surface area contributed by atoms with E-state index in [2.05, 4.69) is 18.9 Å². The first-order valence-electron chi connectivity index (χ1n) is 2.95. The van der Waals surface area contributed by atoms with E-state index in [1.54, 1.807) is 0 Å². The molecule has 1 aliphatic heterocycles. The Morgan fingerprint density at radius 3 is 2.88 bits per heavy atom. The zero-order valence-corrected chi connectivity index (χ0v) is 6.08. The van der Waals surface area contributed by atoms with Gasteiger partial charge in [0.2, 0.25) is 0 Å². The fourth-order valence-corrected chi connectivity index (χ4v) is 2.10. The molecule has 0 spiro atoms. The highest BCUT2D eigenvalue weighted by molar-refractivity contribution is 8.00. The summed E-state index contributed by atoms with van der Waals surface area (Å²) in [6.07, 6.45) is 1.04. The normalized spacial score (nSPS) is 31.5. The van der Waals surface area contributed by atoms with E-state index >= 15 is 0 Å². The summed E-state index contributed by atoms with van der Waals surface area (Å²) >= 11 is 2.01. The molecule has 0 amide bonds. The van der Waals surface area contributed by atoms with Crippen molar-refractivity contribution < 1.29 is 0 Å². The lowest BCUT2D eigenvalue weighted by molar-refractivity contribution is 0.353. The monoisotopic (exact) mass is 130 g/mol. The summed E-state index contributed by atoms with van der Waals surface area (Å²) in [6, 6.07) is 0. The minimum Gasteiger partial charge on any atom is -0.294 e. The molecule has 0 aliphatic carbocycles. The largest absolute Gasteiger partial charge is 0.294 e. The summed E-state index contributed by atoms with van der Waals surface area (Å²) in [6.45, 7) is 5.10. The minimum atomic E-state index is 0.704. The van der Waals surface area contributed by atoms with Crippen molar-refractivity contribution in [3.63, 3.8) is 0 Å². The topological polar surface area (TPSA) is 3.24 Å². The summed E-state index contributed by atoms with van der Waals surface area (Å²) in [7, 11) is 2.16. The minimum absolute atomic E-state index is 0.704. The summed E-state index contributed by atoms with van der Waals surface area (Å²) in [4.78, 5) is 2.36. The van der Waals surface area contributed by atoms with E-state index in [9.17, 15) is 0 Å². The molecule has 1 saturated heterocycles. The Bertz CT molecular complexity index is 74.9. The van der Waals surface area contributed by atoms with Crippen LogP contribution < -0.4 is 0 Å². The molecule has 0 aromatic rings. The molecular weight excluding hydrogens is 118 g/mol. The van der Waals surface area contributed by atoms with Gasteiger partial charge >= 0.3 is 0 Å². The molecule has 0 aromatic heterocycles. The van der Waals surface area contributed by atoms with Crippen molar-refractivity contribution in [3.8, 4) is 0 Å². The van der Waals surface area contributed by atoms with Gasteiger partial charge in [-0.25, -0.2) is 0 Å². The van der Waals surface area contributed by atoms with E-state index in [4.69, 9.17) is 0 Å². The van der Waals surface area contributed by atoms with E-state index in [1.165, 1.54) is 12.3 Å². The number of rotatable bonds is 1. The maximum absolute atomic E-state index is 3.86. The average molecular weight is 130 g/mol. The van der Waals surface area contributed by atoms with Gasteiger partial charge < -0.3 is 0 Å². The van der Waals surface area contributed by atoms with Crippen molar-refractivity contribution >= 4 is 11.8 Å². The quantitative estimate of drug-likeness (QED) is 0.525. The molecule has 0 aromatic carbocycles. The second-order valence-corrected chi connectivity index (χ2v) is 3.38. The van der Waals surface area contributed by atoms with E-state index in [-0.39, 0.29) is 0 Å². The van der Waals surface area contributed by atoms with Crippen LogP contribution in [0, 0.1) is 6.92 Å². The van der Waals surface area contributed by atoms with Gasteiger partial charge in [-0.3, -0.25) is 4.90 Å². The first kappa shape index (κ1) is 6.43. The van der Waals surface area contributed by atoms with Crippen LogP contribution in [0.2, 0.25) is 0 Å². The zero-order valence-electron chi connectivity index (χ0n) is 5.26. The molecule has 1 fully saturated rings. The SMILES string of the molecule is [CH2]CC1SCCN1C. The molecule has 1 atom stereocenters. The van der Waals surface area contributed by atoms with Gasteiger partial charge in [-0.2, -0.15) is 0 Å². The standard InChI is InChI=1S/C6H12NS/c1-3-6-7(2)4-5-8-6/h6H,1,3-5H2,2H3. The summed E-state index contributed by atoms with van der Waals surface area (Å²) in [5.41, 5.74) is 0. The molecule has 1 radical (unpaired) electrons. The van der Waals surface area contributed by atoms with E-state index in [0.29, 0.717) is 5.37 Å². The maximum Gasteiger partial charge on any atom is 0.0555 e. The van der Waals surface area contributed by atoms with E-state index in [1.807, 2.05) is 11.8 Å². The smallest absolute Gasteiger partial charge is 0.0555 e. The maximum atomic E-state index is 3.86. The van der Waals surface area contributed by atoms with Crippen LogP contribution in [0.25, 0.3) is 0 Å². The predicted molar refractivity (Wildman–Crippen MR) is 38.9 cm³/mol. The molecule has 47 valence electrons. The molecule has 1 rings (SSSR count). The Labute approximate surface area is 55.4 Å². The van der Waals surface area contributed by atoms with Crippen molar-refractivity contribution in [1.82, 2.24) is 4.90 Å². The molecule has 0 saturated carbocycles. The molecule has 1 heterocycles. The number of nitrogens with zero attached hydrogens (tertiary/aromatic N) is 1. The highest BCUT2D eigenvalue weighted by Gasteiger charge is 2.18.